The van der Waals surface area contributed by atoms with Crippen molar-refractivity contribution in [2.75, 3.05) is 0 Å². The van der Waals surface area contributed by atoms with Crippen LogP contribution in [-0.2, 0) is 5.41 Å². The molecule has 0 fully saturated rings. The zero-order valence-electron chi connectivity index (χ0n) is 8.43. The molecular formula is C11H11F3O. The number of rotatable bonds is 2. The summed E-state index contributed by atoms with van der Waals surface area (Å²) in [7, 11) is 0. The molecule has 0 atom stereocenters. The van der Waals surface area contributed by atoms with Gasteiger partial charge in [-0.1, -0.05) is 24.3 Å². The van der Waals surface area contributed by atoms with Crippen molar-refractivity contribution in [2.24, 2.45) is 0 Å². The van der Waals surface area contributed by atoms with Crippen molar-refractivity contribution in [3.63, 3.8) is 0 Å². The molecule has 1 nitrogen and oxygen atoms in total. The molecule has 0 unspecified atom stereocenters. The standard InChI is InChI=1S/C11H11F3O/c1-10(2,11(12,13)14)9-5-3-8(7-15)4-6-9/h3-7H,1-2H3. The van der Waals surface area contributed by atoms with Gasteiger partial charge < -0.3 is 0 Å². The molecule has 0 N–H and O–H groups in total. The Balaban J connectivity index is 3.11. The molecule has 1 aromatic rings. The minimum atomic E-state index is -4.30. The minimum Gasteiger partial charge on any atom is -0.298 e. The average Bonchev–Trinajstić information content (AvgIpc) is 2.16. The Bertz CT molecular complexity index is 349. The van der Waals surface area contributed by atoms with Gasteiger partial charge in [-0.3, -0.25) is 4.79 Å². The summed E-state index contributed by atoms with van der Waals surface area (Å²) in [6.07, 6.45) is -3.69. The number of halogens is 3. The lowest BCUT2D eigenvalue weighted by Gasteiger charge is -2.28. The van der Waals surface area contributed by atoms with E-state index in [1.165, 1.54) is 24.3 Å². The van der Waals surface area contributed by atoms with Gasteiger partial charge in [0.15, 0.2) is 0 Å². The van der Waals surface area contributed by atoms with E-state index < -0.39 is 11.6 Å². The number of alkyl halides is 3. The predicted molar refractivity (Wildman–Crippen MR) is 50.9 cm³/mol. The quantitative estimate of drug-likeness (QED) is 0.693. The van der Waals surface area contributed by atoms with Crippen molar-refractivity contribution in [3.8, 4) is 0 Å². The molecule has 0 bridgehead atoms. The van der Waals surface area contributed by atoms with E-state index in [2.05, 4.69) is 0 Å². The molecular weight excluding hydrogens is 205 g/mol. The van der Waals surface area contributed by atoms with E-state index in [4.69, 9.17) is 0 Å². The SMILES string of the molecule is CC(C)(c1ccc(C=O)cc1)C(F)(F)F. The molecule has 15 heavy (non-hydrogen) atoms. The zero-order valence-corrected chi connectivity index (χ0v) is 8.43. The molecule has 82 valence electrons. The summed E-state index contributed by atoms with van der Waals surface area (Å²) in [5.74, 6) is 0. The fraction of sp³-hybridized carbons (Fsp3) is 0.364. The molecule has 0 heterocycles. The number of hydrogen-bond acceptors (Lipinski definition) is 1. The summed E-state index contributed by atoms with van der Waals surface area (Å²) >= 11 is 0. The topological polar surface area (TPSA) is 17.1 Å². The van der Waals surface area contributed by atoms with Crippen LogP contribution in [0.15, 0.2) is 24.3 Å². The van der Waals surface area contributed by atoms with Crippen molar-refractivity contribution in [3.05, 3.63) is 35.4 Å². The number of hydrogen-bond donors (Lipinski definition) is 0. The van der Waals surface area contributed by atoms with Gasteiger partial charge in [0.1, 0.15) is 6.29 Å². The van der Waals surface area contributed by atoms with E-state index in [1.54, 1.807) is 0 Å². The van der Waals surface area contributed by atoms with E-state index in [0.717, 1.165) is 13.8 Å². The second-order valence-electron chi connectivity index (χ2n) is 3.86. The second-order valence-corrected chi connectivity index (χ2v) is 3.86. The highest BCUT2D eigenvalue weighted by Gasteiger charge is 2.48. The van der Waals surface area contributed by atoms with Crippen LogP contribution in [0.25, 0.3) is 0 Å². The average molecular weight is 216 g/mol. The van der Waals surface area contributed by atoms with E-state index >= 15 is 0 Å². The largest absolute Gasteiger partial charge is 0.397 e. The van der Waals surface area contributed by atoms with E-state index in [-0.39, 0.29) is 5.56 Å². The van der Waals surface area contributed by atoms with Crippen LogP contribution >= 0.6 is 0 Å². The Labute approximate surface area is 85.9 Å². The van der Waals surface area contributed by atoms with Gasteiger partial charge in [-0.25, -0.2) is 0 Å². The fourth-order valence-corrected chi connectivity index (χ4v) is 1.14. The summed E-state index contributed by atoms with van der Waals surface area (Å²) < 4.78 is 37.9. The number of benzene rings is 1. The van der Waals surface area contributed by atoms with Gasteiger partial charge in [0.05, 0.1) is 5.41 Å². The Morgan fingerprint density at radius 2 is 1.53 bits per heavy atom. The molecule has 1 aromatic carbocycles. The smallest absolute Gasteiger partial charge is 0.298 e. The predicted octanol–water partition coefficient (Wildman–Crippen LogP) is 3.34. The summed E-state index contributed by atoms with van der Waals surface area (Å²) in [6, 6.07) is 5.43. The van der Waals surface area contributed by atoms with Crippen molar-refractivity contribution in [2.45, 2.75) is 25.4 Å². The molecule has 0 radical (unpaired) electrons. The highest BCUT2D eigenvalue weighted by Crippen LogP contribution is 2.40. The molecule has 4 heteroatoms. The van der Waals surface area contributed by atoms with Crippen LogP contribution < -0.4 is 0 Å². The summed E-state index contributed by atoms with van der Waals surface area (Å²) in [5, 5.41) is 0. The van der Waals surface area contributed by atoms with E-state index in [9.17, 15) is 18.0 Å². The highest BCUT2D eigenvalue weighted by atomic mass is 19.4. The molecule has 0 spiro atoms. The summed E-state index contributed by atoms with van der Waals surface area (Å²) in [5.41, 5.74) is -1.37. The van der Waals surface area contributed by atoms with Gasteiger partial charge in [-0.05, 0) is 19.4 Å². The summed E-state index contributed by atoms with van der Waals surface area (Å²) in [6.45, 7) is 2.23. The number of aldehydes is 1. The Morgan fingerprint density at radius 1 is 1.07 bits per heavy atom. The first-order valence-corrected chi connectivity index (χ1v) is 4.41. The second kappa shape index (κ2) is 3.68. The van der Waals surface area contributed by atoms with Crippen molar-refractivity contribution >= 4 is 6.29 Å². The normalized spacial score (nSPS) is 12.6. The number of carbonyl (C=O) groups is 1. The third-order valence-electron chi connectivity index (χ3n) is 2.48. The molecule has 0 saturated heterocycles. The molecule has 0 aliphatic heterocycles. The van der Waals surface area contributed by atoms with Crippen LogP contribution in [-0.4, -0.2) is 12.5 Å². The molecule has 0 amide bonds. The summed E-state index contributed by atoms with van der Waals surface area (Å²) in [4.78, 5) is 10.3. The van der Waals surface area contributed by atoms with Crippen molar-refractivity contribution < 1.29 is 18.0 Å². The fourth-order valence-electron chi connectivity index (χ4n) is 1.14. The molecule has 0 aromatic heterocycles. The van der Waals surface area contributed by atoms with Crippen molar-refractivity contribution in [1.82, 2.24) is 0 Å². The van der Waals surface area contributed by atoms with Crippen LogP contribution in [0, 0.1) is 0 Å². The van der Waals surface area contributed by atoms with Crippen LogP contribution in [0.4, 0.5) is 13.2 Å². The lowest BCUT2D eigenvalue weighted by molar-refractivity contribution is -0.180. The monoisotopic (exact) mass is 216 g/mol. The van der Waals surface area contributed by atoms with Gasteiger partial charge in [-0.15, -0.1) is 0 Å². The van der Waals surface area contributed by atoms with Crippen molar-refractivity contribution in [1.29, 1.82) is 0 Å². The Morgan fingerprint density at radius 3 is 1.87 bits per heavy atom. The van der Waals surface area contributed by atoms with Gasteiger partial charge in [0, 0.05) is 5.56 Å². The third kappa shape index (κ3) is 2.19. The van der Waals surface area contributed by atoms with Crippen LogP contribution in [0.1, 0.15) is 29.8 Å². The third-order valence-corrected chi connectivity index (χ3v) is 2.48. The highest BCUT2D eigenvalue weighted by molar-refractivity contribution is 5.74. The van der Waals surface area contributed by atoms with E-state index in [1.807, 2.05) is 0 Å². The molecule has 0 aliphatic rings. The first-order chi connectivity index (χ1) is 6.79. The maximum absolute atomic E-state index is 12.6. The van der Waals surface area contributed by atoms with Crippen LogP contribution in [0.5, 0.6) is 0 Å². The lowest BCUT2D eigenvalue weighted by atomic mass is 9.84. The van der Waals surface area contributed by atoms with Gasteiger partial charge >= 0.3 is 6.18 Å². The molecule has 1 rings (SSSR count). The van der Waals surface area contributed by atoms with Gasteiger partial charge in [0.2, 0.25) is 0 Å². The first-order valence-electron chi connectivity index (χ1n) is 4.41. The minimum absolute atomic E-state index is 0.153. The molecule has 0 aliphatic carbocycles. The zero-order chi connectivity index (χ0) is 11.7. The van der Waals surface area contributed by atoms with Crippen LogP contribution in [0.3, 0.4) is 0 Å². The molecule has 0 saturated carbocycles. The Hall–Kier alpha value is -1.32. The van der Waals surface area contributed by atoms with Gasteiger partial charge in [0.25, 0.3) is 0 Å². The lowest BCUT2D eigenvalue weighted by Crippen LogP contribution is -2.36. The maximum Gasteiger partial charge on any atom is 0.397 e. The van der Waals surface area contributed by atoms with Crippen LogP contribution in [0.2, 0.25) is 0 Å². The Kier molecular flexibility index (Phi) is 2.88. The van der Waals surface area contributed by atoms with Gasteiger partial charge in [-0.2, -0.15) is 13.2 Å². The number of carbonyl (C=O) groups excluding carboxylic acids is 1. The first kappa shape index (κ1) is 11.8. The maximum atomic E-state index is 12.6. The van der Waals surface area contributed by atoms with E-state index in [0.29, 0.717) is 11.8 Å².